The average molecular weight is 268 g/mol. The van der Waals surface area contributed by atoms with Crippen LogP contribution in [0.15, 0.2) is 42.6 Å². The molecule has 0 bridgehead atoms. The maximum absolute atomic E-state index is 5.39. The van der Waals surface area contributed by atoms with Crippen LogP contribution < -0.4 is 10.1 Å². The summed E-state index contributed by atoms with van der Waals surface area (Å²) in [6.45, 7) is 0. The Bertz CT molecular complexity index is 559. The fourth-order valence-electron chi connectivity index (χ4n) is 2.80. The van der Waals surface area contributed by atoms with Gasteiger partial charge >= 0.3 is 0 Å². The van der Waals surface area contributed by atoms with Gasteiger partial charge in [0, 0.05) is 23.4 Å². The van der Waals surface area contributed by atoms with E-state index in [-0.39, 0.29) is 0 Å². The molecule has 3 nitrogen and oxygen atoms in total. The largest absolute Gasteiger partial charge is 0.496 e. The molecule has 1 heterocycles. The number of ether oxygens (including phenoxy) is 1. The molecule has 3 heteroatoms. The number of nitrogens with one attached hydrogen (secondary N) is 1. The molecular formula is C17H20N2O. The Morgan fingerprint density at radius 1 is 1.10 bits per heavy atom. The lowest BCUT2D eigenvalue weighted by atomic mass is 10.1. The van der Waals surface area contributed by atoms with Crippen molar-refractivity contribution in [2.24, 2.45) is 0 Å². The van der Waals surface area contributed by atoms with Crippen molar-refractivity contribution in [3.8, 4) is 16.9 Å². The lowest BCUT2D eigenvalue weighted by molar-refractivity contribution is 0.416. The summed E-state index contributed by atoms with van der Waals surface area (Å²) in [7, 11) is 1.70. The minimum absolute atomic E-state index is 0.597. The molecule has 0 unspecified atom stereocenters. The lowest BCUT2D eigenvalue weighted by Gasteiger charge is -2.13. The smallest absolute Gasteiger partial charge is 0.126 e. The Hall–Kier alpha value is -2.03. The van der Waals surface area contributed by atoms with Crippen LogP contribution in [0.2, 0.25) is 0 Å². The zero-order chi connectivity index (χ0) is 13.8. The molecule has 1 aliphatic rings. The Labute approximate surface area is 120 Å². The maximum Gasteiger partial charge on any atom is 0.126 e. The highest BCUT2D eigenvalue weighted by molar-refractivity contribution is 5.70. The Morgan fingerprint density at radius 2 is 1.90 bits per heavy atom. The molecule has 1 N–H and O–H groups in total. The van der Waals surface area contributed by atoms with E-state index in [1.165, 1.54) is 25.7 Å². The van der Waals surface area contributed by atoms with Crippen LogP contribution in [0, 0.1) is 0 Å². The highest BCUT2D eigenvalue weighted by Crippen LogP contribution is 2.29. The first-order valence-corrected chi connectivity index (χ1v) is 7.23. The summed E-state index contributed by atoms with van der Waals surface area (Å²) in [5.41, 5.74) is 2.16. The van der Waals surface area contributed by atoms with Crippen molar-refractivity contribution in [3.63, 3.8) is 0 Å². The zero-order valence-electron chi connectivity index (χ0n) is 11.8. The first kappa shape index (κ1) is 13.0. The van der Waals surface area contributed by atoms with Gasteiger partial charge in [0.2, 0.25) is 0 Å². The molecule has 1 fully saturated rings. The molecule has 0 saturated heterocycles. The van der Waals surface area contributed by atoms with Crippen LogP contribution in [-0.2, 0) is 0 Å². The Morgan fingerprint density at radius 3 is 2.60 bits per heavy atom. The summed E-state index contributed by atoms with van der Waals surface area (Å²) in [5, 5.41) is 3.51. The number of benzene rings is 1. The van der Waals surface area contributed by atoms with Crippen LogP contribution in [0.1, 0.15) is 25.7 Å². The van der Waals surface area contributed by atoms with Gasteiger partial charge < -0.3 is 10.1 Å². The summed E-state index contributed by atoms with van der Waals surface area (Å²) in [6.07, 6.45) is 7.09. The van der Waals surface area contributed by atoms with Crippen molar-refractivity contribution < 1.29 is 4.74 Å². The van der Waals surface area contributed by atoms with Gasteiger partial charge in [-0.15, -0.1) is 0 Å². The van der Waals surface area contributed by atoms with Gasteiger partial charge in [0.05, 0.1) is 7.11 Å². The fourth-order valence-corrected chi connectivity index (χ4v) is 2.80. The van der Waals surface area contributed by atoms with Crippen LogP contribution in [0.25, 0.3) is 11.1 Å². The molecular weight excluding hydrogens is 248 g/mol. The summed E-state index contributed by atoms with van der Waals surface area (Å²) in [4.78, 5) is 4.53. The van der Waals surface area contributed by atoms with Gasteiger partial charge in [-0.25, -0.2) is 4.98 Å². The van der Waals surface area contributed by atoms with Gasteiger partial charge in [0.15, 0.2) is 0 Å². The molecule has 0 radical (unpaired) electrons. The zero-order valence-corrected chi connectivity index (χ0v) is 11.8. The SMILES string of the molecule is COc1ccccc1-c1ccc(NC2CCCC2)nc1. The summed E-state index contributed by atoms with van der Waals surface area (Å²) in [5.74, 6) is 1.85. The van der Waals surface area contributed by atoms with E-state index in [0.717, 1.165) is 22.7 Å². The fraction of sp³-hybridized carbons (Fsp3) is 0.353. The molecule has 0 aliphatic heterocycles. The van der Waals surface area contributed by atoms with Gasteiger partial charge in [-0.3, -0.25) is 0 Å². The molecule has 104 valence electrons. The van der Waals surface area contributed by atoms with Gasteiger partial charge in [0.1, 0.15) is 11.6 Å². The van der Waals surface area contributed by atoms with E-state index in [1.807, 2.05) is 24.4 Å². The third kappa shape index (κ3) is 2.77. The van der Waals surface area contributed by atoms with Gasteiger partial charge in [-0.05, 0) is 31.0 Å². The molecule has 2 aromatic rings. The number of nitrogens with zero attached hydrogens (tertiary/aromatic N) is 1. The van der Waals surface area contributed by atoms with Crippen LogP contribution in [0.5, 0.6) is 5.75 Å². The number of para-hydroxylation sites is 1. The average Bonchev–Trinajstić information content (AvgIpc) is 3.01. The molecule has 0 amide bonds. The van der Waals surface area contributed by atoms with Gasteiger partial charge in [0.25, 0.3) is 0 Å². The predicted octanol–water partition coefficient (Wildman–Crippen LogP) is 4.11. The predicted molar refractivity (Wildman–Crippen MR) is 82.1 cm³/mol. The third-order valence-electron chi connectivity index (χ3n) is 3.89. The number of aromatic nitrogens is 1. The number of methoxy groups -OCH3 is 1. The van der Waals surface area contributed by atoms with Gasteiger partial charge in [-0.1, -0.05) is 31.0 Å². The van der Waals surface area contributed by atoms with E-state index in [1.54, 1.807) is 7.11 Å². The minimum Gasteiger partial charge on any atom is -0.496 e. The molecule has 3 rings (SSSR count). The maximum atomic E-state index is 5.39. The molecule has 1 saturated carbocycles. The van der Waals surface area contributed by atoms with Crippen molar-refractivity contribution >= 4 is 5.82 Å². The molecule has 20 heavy (non-hydrogen) atoms. The Balaban J connectivity index is 1.78. The van der Waals surface area contributed by atoms with Gasteiger partial charge in [-0.2, -0.15) is 0 Å². The first-order valence-electron chi connectivity index (χ1n) is 7.23. The van der Waals surface area contributed by atoms with E-state index in [0.29, 0.717) is 6.04 Å². The summed E-state index contributed by atoms with van der Waals surface area (Å²) in [6, 6.07) is 12.8. The Kier molecular flexibility index (Phi) is 3.86. The highest BCUT2D eigenvalue weighted by atomic mass is 16.5. The lowest BCUT2D eigenvalue weighted by Crippen LogP contribution is -2.15. The quantitative estimate of drug-likeness (QED) is 0.906. The highest BCUT2D eigenvalue weighted by Gasteiger charge is 2.14. The second-order valence-electron chi connectivity index (χ2n) is 5.26. The standard InChI is InChI=1S/C17H20N2O/c1-20-16-9-5-4-8-15(16)13-10-11-17(18-12-13)19-14-6-2-3-7-14/h4-5,8-12,14H,2-3,6-7H2,1H3,(H,18,19). The van der Waals surface area contributed by atoms with Crippen LogP contribution >= 0.6 is 0 Å². The topological polar surface area (TPSA) is 34.1 Å². The van der Waals surface area contributed by atoms with E-state index >= 15 is 0 Å². The second kappa shape index (κ2) is 5.95. The van der Waals surface area contributed by atoms with Crippen molar-refractivity contribution in [1.29, 1.82) is 0 Å². The van der Waals surface area contributed by atoms with Crippen molar-refractivity contribution in [3.05, 3.63) is 42.6 Å². The van der Waals surface area contributed by atoms with Crippen molar-refractivity contribution in [2.75, 3.05) is 12.4 Å². The number of anilines is 1. The third-order valence-corrected chi connectivity index (χ3v) is 3.89. The minimum atomic E-state index is 0.597. The van der Waals surface area contributed by atoms with Crippen LogP contribution in [0.3, 0.4) is 0 Å². The number of pyridine rings is 1. The van der Waals surface area contributed by atoms with E-state index in [4.69, 9.17) is 4.74 Å². The van der Waals surface area contributed by atoms with E-state index < -0.39 is 0 Å². The molecule has 0 spiro atoms. The first-order chi connectivity index (χ1) is 9.86. The van der Waals surface area contributed by atoms with Crippen LogP contribution in [-0.4, -0.2) is 18.1 Å². The number of hydrogen-bond acceptors (Lipinski definition) is 3. The number of hydrogen-bond donors (Lipinski definition) is 1. The van der Waals surface area contributed by atoms with E-state index in [9.17, 15) is 0 Å². The van der Waals surface area contributed by atoms with Crippen LogP contribution in [0.4, 0.5) is 5.82 Å². The van der Waals surface area contributed by atoms with Crippen molar-refractivity contribution in [1.82, 2.24) is 4.98 Å². The normalized spacial score (nSPS) is 15.2. The second-order valence-corrected chi connectivity index (χ2v) is 5.26. The molecule has 0 atom stereocenters. The summed E-state index contributed by atoms with van der Waals surface area (Å²) >= 11 is 0. The van der Waals surface area contributed by atoms with Crippen molar-refractivity contribution in [2.45, 2.75) is 31.7 Å². The summed E-state index contributed by atoms with van der Waals surface area (Å²) < 4.78 is 5.39. The molecule has 1 aliphatic carbocycles. The monoisotopic (exact) mass is 268 g/mol. The molecule has 1 aromatic carbocycles. The number of rotatable bonds is 4. The molecule has 1 aromatic heterocycles. The van der Waals surface area contributed by atoms with E-state index in [2.05, 4.69) is 28.5 Å².